The Hall–Kier alpha value is -2.24. The first-order chi connectivity index (χ1) is 9.41. The van der Waals surface area contributed by atoms with Crippen LogP contribution in [0, 0.1) is 0 Å². The molecule has 0 unspecified atom stereocenters. The fourth-order valence-corrected chi connectivity index (χ4v) is 1.81. The van der Waals surface area contributed by atoms with Crippen LogP contribution in [0.1, 0.15) is 11.1 Å². The maximum Gasteiger partial charge on any atom is 0.417 e. The van der Waals surface area contributed by atoms with Crippen molar-refractivity contribution in [1.29, 1.82) is 0 Å². The zero-order chi connectivity index (χ0) is 14.8. The van der Waals surface area contributed by atoms with E-state index in [4.69, 9.17) is 4.74 Å². The van der Waals surface area contributed by atoms with E-state index >= 15 is 0 Å². The molecule has 3 nitrogen and oxygen atoms in total. The second-order valence-electron chi connectivity index (χ2n) is 4.21. The van der Waals surface area contributed by atoms with Crippen LogP contribution in [0.15, 0.2) is 47.4 Å². The maximum absolute atomic E-state index is 12.8. The van der Waals surface area contributed by atoms with E-state index in [1.807, 2.05) is 0 Å². The minimum absolute atomic E-state index is 0.0555. The zero-order valence-electron chi connectivity index (χ0n) is 10.6. The molecule has 0 N–H and O–H groups in total. The number of benzene rings is 1. The fraction of sp³-hybridized carbons (Fsp3) is 0.214. The Labute approximate surface area is 113 Å². The van der Waals surface area contributed by atoms with Gasteiger partial charge in [0.25, 0.3) is 5.56 Å². The normalized spacial score (nSPS) is 11.4. The van der Waals surface area contributed by atoms with E-state index in [-0.39, 0.29) is 12.3 Å². The topological polar surface area (TPSA) is 31.2 Å². The molecule has 0 aliphatic carbocycles. The Morgan fingerprint density at radius 1 is 1.20 bits per heavy atom. The van der Waals surface area contributed by atoms with Gasteiger partial charge in [-0.2, -0.15) is 13.2 Å². The molecule has 0 saturated carbocycles. The third kappa shape index (κ3) is 3.01. The number of hydrogen-bond acceptors (Lipinski definition) is 2. The van der Waals surface area contributed by atoms with E-state index in [0.29, 0.717) is 6.07 Å². The number of methoxy groups -OCH3 is 1. The summed E-state index contributed by atoms with van der Waals surface area (Å²) >= 11 is 0. The second kappa shape index (κ2) is 5.40. The summed E-state index contributed by atoms with van der Waals surface area (Å²) < 4.78 is 44.1. The molecule has 20 heavy (non-hydrogen) atoms. The van der Waals surface area contributed by atoms with Gasteiger partial charge in [-0.3, -0.25) is 4.79 Å². The van der Waals surface area contributed by atoms with Crippen molar-refractivity contribution >= 4 is 0 Å². The van der Waals surface area contributed by atoms with Crippen molar-refractivity contribution in [2.24, 2.45) is 0 Å². The Bertz CT molecular complexity index is 648. The Kier molecular flexibility index (Phi) is 3.83. The minimum atomic E-state index is -4.53. The van der Waals surface area contributed by atoms with Gasteiger partial charge in [0.05, 0.1) is 19.2 Å². The molecule has 0 bridgehead atoms. The summed E-state index contributed by atoms with van der Waals surface area (Å²) in [6.07, 6.45) is -3.72. The molecule has 0 fully saturated rings. The van der Waals surface area contributed by atoms with Gasteiger partial charge in [0, 0.05) is 6.20 Å². The van der Waals surface area contributed by atoms with E-state index in [2.05, 4.69) is 0 Å². The van der Waals surface area contributed by atoms with Crippen molar-refractivity contribution in [2.75, 3.05) is 7.11 Å². The molecule has 0 amide bonds. The first kappa shape index (κ1) is 14.2. The summed E-state index contributed by atoms with van der Waals surface area (Å²) in [5, 5.41) is 0. The molecule has 2 rings (SSSR count). The Morgan fingerprint density at radius 3 is 2.40 bits per heavy atom. The first-order valence-electron chi connectivity index (χ1n) is 5.81. The number of aromatic nitrogens is 1. The van der Waals surface area contributed by atoms with Gasteiger partial charge in [-0.1, -0.05) is 30.3 Å². The van der Waals surface area contributed by atoms with E-state index < -0.39 is 17.3 Å². The van der Waals surface area contributed by atoms with Crippen LogP contribution < -0.4 is 10.3 Å². The van der Waals surface area contributed by atoms with Gasteiger partial charge in [0.1, 0.15) is 0 Å². The van der Waals surface area contributed by atoms with Crippen molar-refractivity contribution in [3.8, 4) is 5.75 Å². The number of alkyl halides is 3. The first-order valence-corrected chi connectivity index (χ1v) is 5.81. The van der Waals surface area contributed by atoms with Gasteiger partial charge in [-0.15, -0.1) is 0 Å². The third-order valence-electron chi connectivity index (χ3n) is 2.80. The predicted octanol–water partition coefficient (Wildman–Crippen LogP) is 2.92. The highest BCUT2D eigenvalue weighted by atomic mass is 19.4. The highest BCUT2D eigenvalue weighted by Crippen LogP contribution is 2.30. The molecule has 0 aliphatic rings. The molecule has 0 atom stereocenters. The van der Waals surface area contributed by atoms with Crippen LogP contribution in [0.2, 0.25) is 0 Å². The van der Waals surface area contributed by atoms with Crippen molar-refractivity contribution in [2.45, 2.75) is 12.7 Å². The molecule has 0 radical (unpaired) electrons. The number of halogens is 3. The number of hydrogen-bond donors (Lipinski definition) is 0. The minimum Gasteiger partial charge on any atom is -0.491 e. The van der Waals surface area contributed by atoms with Gasteiger partial charge in [-0.05, 0) is 11.6 Å². The summed E-state index contributed by atoms with van der Waals surface area (Å²) in [5.74, 6) is -0.323. The van der Waals surface area contributed by atoms with Crippen LogP contribution in [0.4, 0.5) is 13.2 Å². The number of rotatable bonds is 3. The quantitative estimate of drug-likeness (QED) is 0.867. The van der Waals surface area contributed by atoms with E-state index in [0.717, 1.165) is 16.3 Å². The van der Waals surface area contributed by atoms with E-state index in [1.165, 1.54) is 7.11 Å². The van der Waals surface area contributed by atoms with Crippen LogP contribution in [-0.4, -0.2) is 11.7 Å². The Morgan fingerprint density at radius 2 is 1.85 bits per heavy atom. The average molecular weight is 283 g/mol. The van der Waals surface area contributed by atoms with Crippen molar-refractivity contribution < 1.29 is 17.9 Å². The monoisotopic (exact) mass is 283 g/mol. The smallest absolute Gasteiger partial charge is 0.417 e. The molecular weight excluding hydrogens is 271 g/mol. The average Bonchev–Trinajstić information content (AvgIpc) is 2.41. The van der Waals surface area contributed by atoms with Crippen LogP contribution in [0.3, 0.4) is 0 Å². The van der Waals surface area contributed by atoms with Crippen LogP contribution in [0.25, 0.3) is 0 Å². The van der Waals surface area contributed by atoms with Gasteiger partial charge in [-0.25, -0.2) is 0 Å². The van der Waals surface area contributed by atoms with Crippen molar-refractivity contribution in [1.82, 2.24) is 4.57 Å². The lowest BCUT2D eigenvalue weighted by Gasteiger charge is -2.13. The Balaban J connectivity index is 2.49. The molecule has 2 aromatic rings. The molecular formula is C14H12F3NO2. The SMILES string of the molecule is COc1cc(C(F)(F)F)cn(Cc2ccccc2)c1=O. The zero-order valence-corrected chi connectivity index (χ0v) is 10.6. The van der Waals surface area contributed by atoms with Crippen LogP contribution in [-0.2, 0) is 12.7 Å². The number of ether oxygens (including phenoxy) is 1. The van der Waals surface area contributed by atoms with Gasteiger partial charge in [0.15, 0.2) is 5.75 Å². The van der Waals surface area contributed by atoms with Gasteiger partial charge >= 0.3 is 6.18 Å². The third-order valence-corrected chi connectivity index (χ3v) is 2.80. The summed E-state index contributed by atoms with van der Waals surface area (Å²) in [5.41, 5.74) is -0.773. The molecule has 0 saturated heterocycles. The number of pyridine rings is 1. The summed E-state index contributed by atoms with van der Waals surface area (Å²) in [7, 11) is 1.17. The molecule has 1 aromatic carbocycles. The molecule has 106 valence electrons. The molecule has 0 aliphatic heterocycles. The molecule has 0 spiro atoms. The molecule has 6 heteroatoms. The highest BCUT2D eigenvalue weighted by molar-refractivity contribution is 5.27. The van der Waals surface area contributed by atoms with E-state index in [1.54, 1.807) is 30.3 Å². The molecule has 1 aromatic heterocycles. The lowest BCUT2D eigenvalue weighted by atomic mass is 10.2. The lowest BCUT2D eigenvalue weighted by molar-refractivity contribution is -0.138. The van der Waals surface area contributed by atoms with Crippen molar-refractivity contribution in [3.05, 3.63) is 64.1 Å². The second-order valence-corrected chi connectivity index (χ2v) is 4.21. The number of nitrogens with zero attached hydrogens (tertiary/aromatic N) is 1. The van der Waals surface area contributed by atoms with Crippen LogP contribution in [0.5, 0.6) is 5.75 Å². The van der Waals surface area contributed by atoms with Gasteiger partial charge in [0.2, 0.25) is 0 Å². The van der Waals surface area contributed by atoms with Gasteiger partial charge < -0.3 is 9.30 Å². The fourth-order valence-electron chi connectivity index (χ4n) is 1.81. The van der Waals surface area contributed by atoms with Crippen molar-refractivity contribution in [3.63, 3.8) is 0 Å². The van der Waals surface area contributed by atoms with E-state index in [9.17, 15) is 18.0 Å². The highest BCUT2D eigenvalue weighted by Gasteiger charge is 2.32. The summed E-state index contributed by atoms with van der Waals surface area (Å²) in [6.45, 7) is 0.0555. The largest absolute Gasteiger partial charge is 0.491 e. The van der Waals surface area contributed by atoms with Crippen LogP contribution >= 0.6 is 0 Å². The standard InChI is InChI=1S/C14H12F3NO2/c1-20-12-7-11(14(15,16)17)9-18(13(12)19)8-10-5-3-2-4-6-10/h2-7,9H,8H2,1H3. The summed E-state index contributed by atoms with van der Waals surface area (Å²) in [6, 6.07) is 9.48. The maximum atomic E-state index is 12.8. The molecule has 1 heterocycles. The summed E-state index contributed by atoms with van der Waals surface area (Å²) in [4.78, 5) is 12.0. The predicted molar refractivity (Wildman–Crippen MR) is 67.8 cm³/mol. The lowest BCUT2D eigenvalue weighted by Crippen LogP contribution is -2.24.